The van der Waals surface area contributed by atoms with Gasteiger partial charge in [0, 0.05) is 29.4 Å². The lowest BCUT2D eigenvalue weighted by molar-refractivity contribution is -0.132. The van der Waals surface area contributed by atoms with Crippen LogP contribution >= 0.6 is 23.4 Å². The number of thioether (sulfide) groups is 1. The summed E-state index contributed by atoms with van der Waals surface area (Å²) in [5.74, 6) is -0.384. The zero-order valence-electron chi connectivity index (χ0n) is 16.9. The first-order valence-electron chi connectivity index (χ1n) is 10.1. The molecule has 2 amide bonds. The van der Waals surface area contributed by atoms with Crippen LogP contribution in [0, 0.1) is 5.92 Å². The van der Waals surface area contributed by atoms with Gasteiger partial charge in [0.1, 0.15) is 0 Å². The average Bonchev–Trinajstić information content (AvgIpc) is 3.22. The maximum Gasteiger partial charge on any atom is 0.233 e. The van der Waals surface area contributed by atoms with Crippen molar-refractivity contribution >= 4 is 35.2 Å². The molecule has 0 saturated carbocycles. The Bertz CT molecular complexity index is 1090. The number of carbonyl (C=O) groups is 2. The van der Waals surface area contributed by atoms with E-state index in [0.29, 0.717) is 23.3 Å². The van der Waals surface area contributed by atoms with Crippen molar-refractivity contribution in [3.05, 3.63) is 65.8 Å². The number of primary amides is 1. The van der Waals surface area contributed by atoms with Crippen molar-refractivity contribution in [1.29, 1.82) is 0 Å². The number of piperidine rings is 1. The average molecular weight is 455 g/mol. The van der Waals surface area contributed by atoms with Gasteiger partial charge in [-0.2, -0.15) is 0 Å². The summed E-state index contributed by atoms with van der Waals surface area (Å²) in [6, 6.07) is 17.5. The number of hydrogen-bond donors (Lipinski definition) is 1. The van der Waals surface area contributed by atoms with Gasteiger partial charge in [0.2, 0.25) is 11.8 Å². The number of nitrogens with zero attached hydrogens (tertiary/aromatic N) is 3. The smallest absolute Gasteiger partial charge is 0.233 e. The number of hydrogen-bond acceptors (Lipinski definition) is 4. The molecule has 2 heterocycles. The summed E-state index contributed by atoms with van der Waals surface area (Å²) >= 11 is 7.62. The Labute approximate surface area is 190 Å². The molecule has 2 N–H and O–H groups in total. The zero-order valence-corrected chi connectivity index (χ0v) is 18.5. The van der Waals surface area contributed by atoms with Crippen LogP contribution in [0.1, 0.15) is 12.8 Å². The first-order chi connectivity index (χ1) is 15.0. The molecule has 1 fully saturated rings. The van der Waals surface area contributed by atoms with Crippen molar-refractivity contribution in [1.82, 2.24) is 14.5 Å². The molecule has 1 aliphatic heterocycles. The van der Waals surface area contributed by atoms with Gasteiger partial charge >= 0.3 is 0 Å². The molecule has 0 bridgehead atoms. The van der Waals surface area contributed by atoms with Crippen LogP contribution in [0.4, 0.5) is 0 Å². The molecule has 8 heteroatoms. The van der Waals surface area contributed by atoms with Crippen LogP contribution in [0.25, 0.3) is 16.9 Å². The molecule has 31 heavy (non-hydrogen) atoms. The molecule has 160 valence electrons. The lowest BCUT2D eigenvalue weighted by Gasteiger charge is -2.31. The monoisotopic (exact) mass is 454 g/mol. The number of nitrogens with two attached hydrogens (primary N) is 1. The third-order valence-corrected chi connectivity index (χ3v) is 6.54. The highest BCUT2D eigenvalue weighted by molar-refractivity contribution is 7.99. The summed E-state index contributed by atoms with van der Waals surface area (Å²) in [6.45, 7) is 1.05. The van der Waals surface area contributed by atoms with Gasteiger partial charge in [-0.3, -0.25) is 14.2 Å². The Hall–Kier alpha value is -2.77. The number of aromatic nitrogens is 2. The highest BCUT2D eigenvalue weighted by atomic mass is 35.5. The molecule has 1 saturated heterocycles. The van der Waals surface area contributed by atoms with E-state index < -0.39 is 0 Å². The molecule has 4 rings (SSSR count). The minimum absolute atomic E-state index is 0.0159. The van der Waals surface area contributed by atoms with Crippen molar-refractivity contribution in [2.24, 2.45) is 11.7 Å². The van der Waals surface area contributed by atoms with E-state index in [1.807, 2.05) is 65.4 Å². The van der Waals surface area contributed by atoms with E-state index in [2.05, 4.69) is 4.98 Å². The van der Waals surface area contributed by atoms with Gasteiger partial charge in [0.25, 0.3) is 0 Å². The van der Waals surface area contributed by atoms with E-state index in [1.165, 1.54) is 11.8 Å². The molecule has 0 radical (unpaired) electrons. The summed E-state index contributed by atoms with van der Waals surface area (Å²) < 4.78 is 2.02. The van der Waals surface area contributed by atoms with Crippen LogP contribution in [0.5, 0.6) is 0 Å². The molecule has 0 aliphatic carbocycles. The maximum atomic E-state index is 12.8. The van der Waals surface area contributed by atoms with Crippen LogP contribution in [0.2, 0.25) is 5.02 Å². The summed E-state index contributed by atoms with van der Waals surface area (Å²) in [4.78, 5) is 30.7. The Kier molecular flexibility index (Phi) is 6.63. The topological polar surface area (TPSA) is 81.2 Å². The van der Waals surface area contributed by atoms with Crippen LogP contribution < -0.4 is 5.73 Å². The largest absolute Gasteiger partial charge is 0.369 e. The Morgan fingerprint density at radius 3 is 2.71 bits per heavy atom. The third-order valence-electron chi connectivity index (χ3n) is 5.37. The molecule has 1 atom stereocenters. The number of likely N-dealkylation sites (tertiary alicyclic amines) is 1. The van der Waals surface area contributed by atoms with E-state index in [1.54, 1.807) is 4.90 Å². The van der Waals surface area contributed by atoms with E-state index in [0.717, 1.165) is 29.8 Å². The van der Waals surface area contributed by atoms with Crippen molar-refractivity contribution < 1.29 is 9.59 Å². The number of benzene rings is 2. The van der Waals surface area contributed by atoms with E-state index >= 15 is 0 Å². The van der Waals surface area contributed by atoms with Gasteiger partial charge in [-0.05, 0) is 31.0 Å². The van der Waals surface area contributed by atoms with Crippen LogP contribution in [0.15, 0.2) is 66.0 Å². The van der Waals surface area contributed by atoms with Crippen LogP contribution in [-0.4, -0.2) is 45.1 Å². The second-order valence-corrected chi connectivity index (χ2v) is 8.86. The summed E-state index contributed by atoms with van der Waals surface area (Å²) in [5.41, 5.74) is 8.27. The van der Waals surface area contributed by atoms with Crippen molar-refractivity contribution in [2.75, 3.05) is 18.8 Å². The van der Waals surface area contributed by atoms with Crippen molar-refractivity contribution in [3.63, 3.8) is 0 Å². The molecule has 3 aromatic rings. The van der Waals surface area contributed by atoms with E-state index in [-0.39, 0.29) is 23.5 Å². The van der Waals surface area contributed by atoms with Crippen molar-refractivity contribution in [3.8, 4) is 16.9 Å². The summed E-state index contributed by atoms with van der Waals surface area (Å²) in [5, 5.41) is 1.33. The molecule has 2 aromatic carbocycles. The summed E-state index contributed by atoms with van der Waals surface area (Å²) in [6.07, 6.45) is 3.35. The molecule has 0 spiro atoms. The van der Waals surface area contributed by atoms with Gasteiger partial charge in [0.15, 0.2) is 5.16 Å². The fourth-order valence-corrected chi connectivity index (χ4v) is 4.85. The SMILES string of the molecule is NC(=O)C1CCCN(C(=O)CSc2ncc(-c3ccccc3)n2-c2cccc(Cl)c2)C1. The zero-order chi connectivity index (χ0) is 21.8. The second kappa shape index (κ2) is 9.58. The van der Waals surface area contributed by atoms with Crippen LogP contribution in [0.3, 0.4) is 0 Å². The minimum Gasteiger partial charge on any atom is -0.369 e. The second-order valence-electron chi connectivity index (χ2n) is 7.48. The highest BCUT2D eigenvalue weighted by Gasteiger charge is 2.27. The standard InChI is InChI=1S/C23H23ClN4O2S/c24-18-9-4-10-19(12-18)28-20(16-6-2-1-3-7-16)13-26-23(28)31-15-21(29)27-11-5-8-17(14-27)22(25)30/h1-4,6-7,9-10,12-13,17H,5,8,11,14-15H2,(H2,25,30). The predicted molar refractivity (Wildman–Crippen MR) is 123 cm³/mol. The van der Waals surface area contributed by atoms with Gasteiger partial charge in [0.05, 0.1) is 23.6 Å². The fraction of sp³-hybridized carbons (Fsp3) is 0.261. The fourth-order valence-electron chi connectivity index (χ4n) is 3.77. The summed E-state index contributed by atoms with van der Waals surface area (Å²) in [7, 11) is 0. The quantitative estimate of drug-likeness (QED) is 0.570. The van der Waals surface area contributed by atoms with Gasteiger partial charge in [-0.25, -0.2) is 4.98 Å². The van der Waals surface area contributed by atoms with E-state index in [4.69, 9.17) is 17.3 Å². The number of rotatable bonds is 6. The molecule has 1 aromatic heterocycles. The normalized spacial score (nSPS) is 16.3. The van der Waals surface area contributed by atoms with Gasteiger partial charge in [-0.15, -0.1) is 0 Å². The molecular weight excluding hydrogens is 432 g/mol. The number of halogens is 1. The maximum absolute atomic E-state index is 12.8. The van der Waals surface area contributed by atoms with Gasteiger partial charge < -0.3 is 10.6 Å². The molecule has 6 nitrogen and oxygen atoms in total. The molecular formula is C23H23ClN4O2S. The lowest BCUT2D eigenvalue weighted by Crippen LogP contribution is -2.44. The highest BCUT2D eigenvalue weighted by Crippen LogP contribution is 2.31. The Morgan fingerprint density at radius 1 is 1.16 bits per heavy atom. The first-order valence-corrected chi connectivity index (χ1v) is 11.5. The first kappa shape index (κ1) is 21.5. The number of imidazole rings is 1. The molecule has 1 aliphatic rings. The number of carbonyl (C=O) groups excluding carboxylic acids is 2. The minimum atomic E-state index is -0.339. The Morgan fingerprint density at radius 2 is 1.97 bits per heavy atom. The Balaban J connectivity index is 1.58. The lowest BCUT2D eigenvalue weighted by atomic mass is 9.97. The van der Waals surface area contributed by atoms with Gasteiger partial charge in [-0.1, -0.05) is 59.8 Å². The van der Waals surface area contributed by atoms with Crippen LogP contribution in [-0.2, 0) is 9.59 Å². The molecule has 1 unspecified atom stereocenters. The number of amides is 2. The van der Waals surface area contributed by atoms with E-state index in [9.17, 15) is 9.59 Å². The third kappa shape index (κ3) is 4.94. The van der Waals surface area contributed by atoms with Crippen molar-refractivity contribution in [2.45, 2.75) is 18.0 Å². The predicted octanol–water partition coefficient (Wildman–Crippen LogP) is 4.01.